The molecule has 4 aromatic rings. The normalized spacial score (nSPS) is 11.0. The Hall–Kier alpha value is -2.01. The first kappa shape index (κ1) is 14.6. The van der Waals surface area contributed by atoms with E-state index in [-0.39, 0.29) is 5.28 Å². The first-order valence-electron chi connectivity index (χ1n) is 6.84. The summed E-state index contributed by atoms with van der Waals surface area (Å²) in [6.45, 7) is 0. The Labute approximate surface area is 146 Å². The summed E-state index contributed by atoms with van der Waals surface area (Å²) in [4.78, 5) is 13.3. The van der Waals surface area contributed by atoms with Gasteiger partial charge in [-0.05, 0) is 52.4 Å². The topological polar surface area (TPSA) is 38.7 Å². The molecule has 0 bridgehead atoms. The quantitative estimate of drug-likeness (QED) is 0.339. The van der Waals surface area contributed by atoms with Gasteiger partial charge in [-0.25, -0.2) is 15.0 Å². The van der Waals surface area contributed by atoms with Crippen molar-refractivity contribution in [3.8, 4) is 21.7 Å². The molecule has 112 valence electrons. The highest BCUT2D eigenvalue weighted by molar-refractivity contribution is 7.22. The Morgan fingerprint density at radius 1 is 0.913 bits per heavy atom. The molecule has 0 atom stereocenters. The standard InChI is InChI=1S/C17H9Cl2N3S/c18-15-9-10(4-6-20-15)12-3-1-2-11-8-14(23-16(11)12)13-5-7-21-17(19)22-13/h1-9H. The Morgan fingerprint density at radius 3 is 2.61 bits per heavy atom. The molecule has 0 saturated heterocycles. The molecular weight excluding hydrogens is 349 g/mol. The van der Waals surface area contributed by atoms with Crippen molar-refractivity contribution in [1.82, 2.24) is 15.0 Å². The van der Waals surface area contributed by atoms with Crippen LogP contribution in [-0.2, 0) is 0 Å². The van der Waals surface area contributed by atoms with Crippen LogP contribution >= 0.6 is 34.5 Å². The number of rotatable bonds is 2. The van der Waals surface area contributed by atoms with E-state index in [0.29, 0.717) is 5.15 Å². The minimum atomic E-state index is 0.251. The number of thiophene rings is 1. The van der Waals surface area contributed by atoms with E-state index in [1.807, 2.05) is 24.3 Å². The third kappa shape index (κ3) is 2.81. The Balaban J connectivity index is 1.91. The van der Waals surface area contributed by atoms with Gasteiger partial charge in [0.1, 0.15) is 5.15 Å². The zero-order valence-electron chi connectivity index (χ0n) is 11.7. The van der Waals surface area contributed by atoms with Crippen LogP contribution in [0.25, 0.3) is 31.8 Å². The van der Waals surface area contributed by atoms with Gasteiger partial charge in [-0.1, -0.05) is 29.8 Å². The highest BCUT2D eigenvalue weighted by Gasteiger charge is 2.11. The molecule has 4 rings (SSSR count). The fourth-order valence-corrected chi connectivity index (χ4v) is 3.94. The summed E-state index contributed by atoms with van der Waals surface area (Å²) < 4.78 is 1.18. The summed E-state index contributed by atoms with van der Waals surface area (Å²) in [5, 5.41) is 1.89. The lowest BCUT2D eigenvalue weighted by Crippen LogP contribution is -1.83. The molecule has 0 aliphatic carbocycles. The average Bonchev–Trinajstić information content (AvgIpc) is 2.99. The number of aromatic nitrogens is 3. The van der Waals surface area contributed by atoms with Gasteiger partial charge in [0, 0.05) is 17.1 Å². The summed E-state index contributed by atoms with van der Waals surface area (Å²) in [6, 6.07) is 14.0. The van der Waals surface area contributed by atoms with E-state index in [9.17, 15) is 0 Å². The van der Waals surface area contributed by atoms with Gasteiger partial charge in [0.2, 0.25) is 5.28 Å². The van der Waals surface area contributed by atoms with Crippen LogP contribution in [0.3, 0.4) is 0 Å². The number of fused-ring (bicyclic) bond motifs is 1. The summed E-state index contributed by atoms with van der Waals surface area (Å²) >= 11 is 13.6. The van der Waals surface area contributed by atoms with Gasteiger partial charge in [0.25, 0.3) is 0 Å². The van der Waals surface area contributed by atoms with E-state index in [4.69, 9.17) is 23.2 Å². The maximum atomic E-state index is 6.03. The van der Waals surface area contributed by atoms with Gasteiger partial charge < -0.3 is 0 Å². The van der Waals surface area contributed by atoms with Crippen molar-refractivity contribution in [3.05, 3.63) is 65.3 Å². The molecule has 1 aromatic carbocycles. The second-order valence-corrected chi connectivity index (χ2v) is 6.69. The molecule has 0 fully saturated rings. The van der Waals surface area contributed by atoms with Crippen molar-refractivity contribution >= 4 is 44.6 Å². The largest absolute Gasteiger partial charge is 0.245 e. The maximum absolute atomic E-state index is 6.03. The molecule has 0 radical (unpaired) electrons. The molecule has 3 heterocycles. The summed E-state index contributed by atoms with van der Waals surface area (Å²) in [7, 11) is 0. The molecule has 0 spiro atoms. The van der Waals surface area contributed by atoms with Crippen LogP contribution in [0.1, 0.15) is 0 Å². The SMILES string of the molecule is Clc1cc(-c2cccc3cc(-c4ccnc(Cl)n4)sc23)ccn1. The van der Waals surface area contributed by atoms with Crippen LogP contribution < -0.4 is 0 Å². The Bertz CT molecular complexity index is 1010. The maximum Gasteiger partial charge on any atom is 0.222 e. The number of pyridine rings is 1. The van der Waals surface area contributed by atoms with Gasteiger partial charge in [-0.15, -0.1) is 11.3 Å². The van der Waals surface area contributed by atoms with Crippen molar-refractivity contribution in [2.24, 2.45) is 0 Å². The lowest BCUT2D eigenvalue weighted by atomic mass is 10.1. The molecule has 0 N–H and O–H groups in total. The van der Waals surface area contributed by atoms with Crippen LogP contribution in [0, 0.1) is 0 Å². The van der Waals surface area contributed by atoms with Crippen LogP contribution in [0.2, 0.25) is 10.4 Å². The molecule has 0 amide bonds. The van der Waals surface area contributed by atoms with Crippen molar-refractivity contribution < 1.29 is 0 Å². The first-order chi connectivity index (χ1) is 11.2. The van der Waals surface area contributed by atoms with Crippen LogP contribution in [0.5, 0.6) is 0 Å². The smallest absolute Gasteiger partial charge is 0.222 e. The highest BCUT2D eigenvalue weighted by Crippen LogP contribution is 2.38. The average molecular weight is 358 g/mol. The summed E-state index contributed by atoms with van der Waals surface area (Å²) in [5.74, 6) is 0. The van der Waals surface area contributed by atoms with E-state index < -0.39 is 0 Å². The molecule has 3 nitrogen and oxygen atoms in total. The third-order valence-electron chi connectivity index (χ3n) is 3.46. The molecule has 0 unspecified atom stereocenters. The number of nitrogens with zero attached hydrogens (tertiary/aromatic N) is 3. The van der Waals surface area contributed by atoms with Crippen molar-refractivity contribution in [1.29, 1.82) is 0 Å². The first-order valence-corrected chi connectivity index (χ1v) is 8.41. The summed E-state index contributed by atoms with van der Waals surface area (Å²) in [5.41, 5.74) is 3.00. The molecule has 0 aliphatic heterocycles. The highest BCUT2D eigenvalue weighted by atomic mass is 35.5. The van der Waals surface area contributed by atoms with Crippen molar-refractivity contribution in [3.63, 3.8) is 0 Å². The minimum Gasteiger partial charge on any atom is -0.245 e. The third-order valence-corrected chi connectivity index (χ3v) is 5.06. The molecule has 0 aliphatic rings. The lowest BCUT2D eigenvalue weighted by Gasteiger charge is -2.03. The van der Waals surface area contributed by atoms with E-state index in [1.54, 1.807) is 23.7 Å². The lowest BCUT2D eigenvalue weighted by molar-refractivity contribution is 1.18. The Kier molecular flexibility index (Phi) is 3.73. The van der Waals surface area contributed by atoms with E-state index in [1.165, 1.54) is 4.70 Å². The van der Waals surface area contributed by atoms with Gasteiger partial charge in [-0.2, -0.15) is 0 Å². The second-order valence-electron chi connectivity index (χ2n) is 4.91. The van der Waals surface area contributed by atoms with E-state index >= 15 is 0 Å². The molecule has 3 aromatic heterocycles. The van der Waals surface area contributed by atoms with Gasteiger partial charge >= 0.3 is 0 Å². The Morgan fingerprint density at radius 2 is 1.78 bits per heavy atom. The van der Waals surface area contributed by atoms with Gasteiger partial charge in [-0.3, -0.25) is 0 Å². The number of halogens is 2. The van der Waals surface area contributed by atoms with Crippen LogP contribution in [0.4, 0.5) is 0 Å². The number of hydrogen-bond donors (Lipinski definition) is 0. The van der Waals surface area contributed by atoms with E-state index in [0.717, 1.165) is 27.1 Å². The zero-order valence-corrected chi connectivity index (χ0v) is 14.0. The van der Waals surface area contributed by atoms with E-state index in [2.05, 4.69) is 33.2 Å². The molecular formula is C17H9Cl2N3S. The van der Waals surface area contributed by atoms with Crippen molar-refractivity contribution in [2.75, 3.05) is 0 Å². The minimum absolute atomic E-state index is 0.251. The fraction of sp³-hybridized carbons (Fsp3) is 0. The van der Waals surface area contributed by atoms with Crippen LogP contribution in [0.15, 0.2) is 54.9 Å². The molecule has 6 heteroatoms. The number of benzene rings is 1. The van der Waals surface area contributed by atoms with Crippen LogP contribution in [-0.4, -0.2) is 15.0 Å². The monoisotopic (exact) mass is 357 g/mol. The fourth-order valence-electron chi connectivity index (χ4n) is 2.46. The predicted octanol–water partition coefficient (Wildman–Crippen LogP) is 5.73. The predicted molar refractivity (Wildman–Crippen MR) is 96.1 cm³/mol. The van der Waals surface area contributed by atoms with Gasteiger partial charge in [0.05, 0.1) is 10.6 Å². The van der Waals surface area contributed by atoms with Gasteiger partial charge in [0.15, 0.2) is 0 Å². The molecule has 23 heavy (non-hydrogen) atoms. The number of hydrogen-bond acceptors (Lipinski definition) is 4. The second kappa shape index (κ2) is 5.89. The van der Waals surface area contributed by atoms with Crippen molar-refractivity contribution in [2.45, 2.75) is 0 Å². The molecule has 0 saturated carbocycles. The summed E-state index contributed by atoms with van der Waals surface area (Å²) in [6.07, 6.45) is 3.38. The zero-order chi connectivity index (χ0) is 15.8.